The predicted molar refractivity (Wildman–Crippen MR) is 62.2 cm³/mol. The Hall–Kier alpha value is -1.19. The molecule has 0 saturated carbocycles. The van der Waals surface area contributed by atoms with E-state index in [0.29, 0.717) is 16.2 Å². The summed E-state index contributed by atoms with van der Waals surface area (Å²) in [5.74, 6) is -0.967. The van der Waals surface area contributed by atoms with Gasteiger partial charge in [0.2, 0.25) is 0 Å². The Morgan fingerprint density at radius 3 is 2.60 bits per heavy atom. The Morgan fingerprint density at radius 2 is 2.07 bits per heavy atom. The molecule has 5 heteroatoms. The molecule has 0 amide bonds. The number of nitrogen functional groups attached to an aromatic ring is 1. The Labute approximate surface area is 97.1 Å². The molecule has 0 unspecified atom stereocenters. The highest BCUT2D eigenvalue weighted by Gasteiger charge is 2.12. The summed E-state index contributed by atoms with van der Waals surface area (Å²) in [4.78, 5) is 10.5. The van der Waals surface area contributed by atoms with Crippen LogP contribution in [0.25, 0.3) is 5.57 Å². The molecular weight excluding hydrogens is 237 g/mol. The van der Waals surface area contributed by atoms with Gasteiger partial charge in [-0.05, 0) is 11.6 Å². The highest BCUT2D eigenvalue weighted by atomic mass is 35.5. The lowest BCUT2D eigenvalue weighted by Gasteiger charge is -2.09. The van der Waals surface area contributed by atoms with Gasteiger partial charge in [0.1, 0.15) is 0 Å². The fourth-order valence-corrected chi connectivity index (χ4v) is 1.48. The third-order valence-electron chi connectivity index (χ3n) is 1.88. The van der Waals surface area contributed by atoms with Crippen LogP contribution in [-0.2, 0) is 4.79 Å². The molecule has 80 valence electrons. The molecule has 0 spiro atoms. The summed E-state index contributed by atoms with van der Waals surface area (Å²) in [5.41, 5.74) is 6.87. The number of rotatable bonds is 3. The molecular formula is C10H9Cl2NO2. The van der Waals surface area contributed by atoms with Crippen molar-refractivity contribution >= 4 is 40.4 Å². The van der Waals surface area contributed by atoms with Crippen LogP contribution in [0.5, 0.6) is 0 Å². The van der Waals surface area contributed by atoms with Crippen LogP contribution in [0.4, 0.5) is 5.69 Å². The summed E-state index contributed by atoms with van der Waals surface area (Å²) >= 11 is 11.6. The van der Waals surface area contributed by atoms with Crippen molar-refractivity contribution in [3.8, 4) is 0 Å². The number of aliphatic carboxylic acids is 1. The molecule has 3 N–H and O–H groups in total. The highest BCUT2D eigenvalue weighted by Crippen LogP contribution is 2.34. The lowest BCUT2D eigenvalue weighted by Crippen LogP contribution is -2.00. The lowest BCUT2D eigenvalue weighted by molar-refractivity contribution is -0.135. The van der Waals surface area contributed by atoms with Crippen molar-refractivity contribution in [2.24, 2.45) is 0 Å². The minimum Gasteiger partial charge on any atom is -0.481 e. The fourth-order valence-electron chi connectivity index (χ4n) is 1.15. The maximum atomic E-state index is 10.5. The quantitative estimate of drug-likeness (QED) is 0.805. The van der Waals surface area contributed by atoms with Crippen LogP contribution >= 0.6 is 23.2 Å². The van der Waals surface area contributed by atoms with E-state index in [1.165, 1.54) is 0 Å². The normalized spacial score (nSPS) is 10.0. The van der Waals surface area contributed by atoms with Crippen LogP contribution < -0.4 is 5.73 Å². The molecule has 0 aromatic heterocycles. The first kappa shape index (κ1) is 11.9. The van der Waals surface area contributed by atoms with Crippen molar-refractivity contribution in [3.63, 3.8) is 0 Å². The molecule has 1 rings (SSSR count). The number of halogens is 2. The largest absolute Gasteiger partial charge is 0.481 e. The van der Waals surface area contributed by atoms with E-state index in [-0.39, 0.29) is 17.1 Å². The third-order valence-corrected chi connectivity index (χ3v) is 2.70. The zero-order valence-corrected chi connectivity index (χ0v) is 9.27. The van der Waals surface area contributed by atoms with E-state index in [1.807, 2.05) is 0 Å². The van der Waals surface area contributed by atoms with Gasteiger partial charge >= 0.3 is 5.97 Å². The summed E-state index contributed by atoms with van der Waals surface area (Å²) in [6.07, 6.45) is -0.178. The first-order valence-corrected chi connectivity index (χ1v) is 4.82. The maximum absolute atomic E-state index is 10.5. The molecule has 1 aromatic carbocycles. The molecule has 0 aliphatic heterocycles. The van der Waals surface area contributed by atoms with E-state index < -0.39 is 5.97 Å². The number of nitrogens with two attached hydrogens (primary N) is 1. The van der Waals surface area contributed by atoms with Crippen molar-refractivity contribution in [3.05, 3.63) is 34.3 Å². The van der Waals surface area contributed by atoms with Gasteiger partial charge in [0.15, 0.2) is 0 Å². The van der Waals surface area contributed by atoms with Gasteiger partial charge in [-0.25, -0.2) is 0 Å². The van der Waals surface area contributed by atoms with Crippen LogP contribution in [0.2, 0.25) is 10.0 Å². The molecule has 15 heavy (non-hydrogen) atoms. The third kappa shape index (κ3) is 2.64. The van der Waals surface area contributed by atoms with E-state index in [0.717, 1.165) is 0 Å². The summed E-state index contributed by atoms with van der Waals surface area (Å²) in [7, 11) is 0. The van der Waals surface area contributed by atoms with Gasteiger partial charge in [-0.3, -0.25) is 4.79 Å². The molecule has 0 aliphatic rings. The summed E-state index contributed by atoms with van der Waals surface area (Å²) in [6, 6.07) is 3.16. The minimum absolute atomic E-state index is 0.178. The van der Waals surface area contributed by atoms with Crippen LogP contribution in [-0.4, -0.2) is 11.1 Å². The minimum atomic E-state index is -0.967. The molecule has 0 aliphatic carbocycles. The predicted octanol–water partition coefficient (Wildman–Crippen LogP) is 3.06. The van der Waals surface area contributed by atoms with Crippen LogP contribution in [0.15, 0.2) is 18.7 Å². The first-order chi connectivity index (χ1) is 6.93. The molecule has 0 fully saturated rings. The zero-order valence-electron chi connectivity index (χ0n) is 7.76. The number of carbonyl (C=O) groups is 1. The second-order valence-corrected chi connectivity index (χ2v) is 3.78. The molecule has 0 bridgehead atoms. The molecule has 0 radical (unpaired) electrons. The van der Waals surface area contributed by atoms with Crippen molar-refractivity contribution in [2.75, 3.05) is 5.73 Å². The van der Waals surface area contributed by atoms with Crippen molar-refractivity contribution < 1.29 is 9.90 Å². The van der Waals surface area contributed by atoms with Crippen LogP contribution in [0, 0.1) is 0 Å². The van der Waals surface area contributed by atoms with Gasteiger partial charge in [-0.15, -0.1) is 0 Å². The van der Waals surface area contributed by atoms with E-state index in [9.17, 15) is 4.79 Å². The summed E-state index contributed by atoms with van der Waals surface area (Å²) in [6.45, 7) is 3.63. The highest BCUT2D eigenvalue weighted by molar-refractivity contribution is 6.43. The van der Waals surface area contributed by atoms with Gasteiger partial charge in [-0.2, -0.15) is 0 Å². The van der Waals surface area contributed by atoms with Crippen molar-refractivity contribution in [1.29, 1.82) is 0 Å². The Morgan fingerprint density at radius 1 is 1.47 bits per heavy atom. The van der Waals surface area contributed by atoms with E-state index in [2.05, 4.69) is 6.58 Å². The second kappa shape index (κ2) is 4.55. The second-order valence-electron chi connectivity index (χ2n) is 3.00. The number of benzene rings is 1. The van der Waals surface area contributed by atoms with Gasteiger partial charge in [0.05, 0.1) is 22.2 Å². The monoisotopic (exact) mass is 245 g/mol. The number of hydrogen-bond donors (Lipinski definition) is 2. The number of carboxylic acids is 1. The summed E-state index contributed by atoms with van der Waals surface area (Å²) in [5, 5.41) is 9.16. The Balaban J connectivity index is 3.11. The van der Waals surface area contributed by atoms with Crippen LogP contribution in [0.1, 0.15) is 12.0 Å². The Kier molecular flexibility index (Phi) is 3.61. The molecule has 1 aromatic rings. The van der Waals surface area contributed by atoms with E-state index in [4.69, 9.17) is 34.0 Å². The van der Waals surface area contributed by atoms with E-state index >= 15 is 0 Å². The fraction of sp³-hybridized carbons (Fsp3) is 0.100. The van der Waals surface area contributed by atoms with Gasteiger partial charge < -0.3 is 10.8 Å². The van der Waals surface area contributed by atoms with Crippen LogP contribution in [0.3, 0.4) is 0 Å². The number of hydrogen-bond acceptors (Lipinski definition) is 2. The standard InChI is InChI=1S/C10H9Cl2NO2/c1-5(4-8(14)15)6-2-3-7(11)9(12)10(6)13/h2-3H,1,4,13H2,(H,14,15). The van der Waals surface area contributed by atoms with E-state index in [1.54, 1.807) is 12.1 Å². The smallest absolute Gasteiger partial charge is 0.307 e. The zero-order chi connectivity index (χ0) is 11.6. The van der Waals surface area contributed by atoms with Gasteiger partial charge in [-0.1, -0.05) is 35.8 Å². The maximum Gasteiger partial charge on any atom is 0.307 e. The average Bonchev–Trinajstić information content (AvgIpc) is 2.13. The SMILES string of the molecule is C=C(CC(=O)O)c1ccc(Cl)c(Cl)c1N. The molecule has 3 nitrogen and oxygen atoms in total. The molecule has 0 saturated heterocycles. The lowest BCUT2D eigenvalue weighted by atomic mass is 10.0. The van der Waals surface area contributed by atoms with Gasteiger partial charge in [0.25, 0.3) is 0 Å². The molecule has 0 atom stereocenters. The topological polar surface area (TPSA) is 63.3 Å². The molecule has 0 heterocycles. The Bertz CT molecular complexity index is 430. The average molecular weight is 246 g/mol. The van der Waals surface area contributed by atoms with Crippen molar-refractivity contribution in [1.82, 2.24) is 0 Å². The van der Waals surface area contributed by atoms with Gasteiger partial charge in [0, 0.05) is 5.56 Å². The number of carboxylic acid groups (broad SMARTS) is 1. The summed E-state index contributed by atoms with van der Waals surface area (Å²) < 4.78 is 0. The van der Waals surface area contributed by atoms with Crippen molar-refractivity contribution in [2.45, 2.75) is 6.42 Å². The first-order valence-electron chi connectivity index (χ1n) is 4.07. The number of anilines is 1.